The highest BCUT2D eigenvalue weighted by Gasteiger charge is 2.36. The Labute approximate surface area is 171 Å². The molecule has 0 aromatic heterocycles. The Morgan fingerprint density at radius 3 is 2.50 bits per heavy atom. The number of carbonyl (C=O) groups excluding carboxylic acids is 2. The summed E-state index contributed by atoms with van der Waals surface area (Å²) in [6.07, 6.45) is -0.0651. The molecule has 0 spiro atoms. The zero-order chi connectivity index (χ0) is 21.1. The summed E-state index contributed by atoms with van der Waals surface area (Å²) in [5.41, 5.74) is 0.426. The van der Waals surface area contributed by atoms with Crippen LogP contribution < -0.4 is 15.0 Å². The highest BCUT2D eigenvalue weighted by Crippen LogP contribution is 2.32. The summed E-state index contributed by atoms with van der Waals surface area (Å²) in [5.74, 6) is -1.94. The summed E-state index contributed by atoms with van der Waals surface area (Å²) in [6.45, 7) is 0.00886. The lowest BCUT2D eigenvalue weighted by atomic mass is 10.1. The van der Waals surface area contributed by atoms with Crippen molar-refractivity contribution in [2.75, 3.05) is 16.8 Å². The first kappa shape index (κ1) is 19.6. The Hall–Kier alpha value is -3.74. The second-order valence-corrected chi connectivity index (χ2v) is 6.90. The van der Waals surface area contributed by atoms with E-state index in [4.69, 9.17) is 4.74 Å². The molecule has 4 rings (SSSR count). The van der Waals surface area contributed by atoms with Crippen LogP contribution in [0.2, 0.25) is 0 Å². The van der Waals surface area contributed by atoms with E-state index < -0.39 is 23.5 Å². The van der Waals surface area contributed by atoms with Crippen molar-refractivity contribution in [3.63, 3.8) is 0 Å². The molecule has 1 unspecified atom stereocenters. The van der Waals surface area contributed by atoms with E-state index in [-0.39, 0.29) is 24.6 Å². The maximum Gasteiger partial charge on any atom is 0.229 e. The van der Waals surface area contributed by atoms with Gasteiger partial charge in [-0.05, 0) is 36.4 Å². The standard InChI is InChI=1S/C23H18F2N2O3/c24-16-10-11-20(18(25)13-16)27-14-15(12-22(27)28)23(29)26-19-8-4-5-9-21(19)30-17-6-2-1-3-7-17/h1-11,13,15H,12,14H2,(H,26,29). The number of hydrogen-bond acceptors (Lipinski definition) is 3. The van der Waals surface area contributed by atoms with E-state index in [0.29, 0.717) is 23.3 Å². The zero-order valence-corrected chi connectivity index (χ0v) is 15.8. The van der Waals surface area contributed by atoms with Crippen molar-refractivity contribution < 1.29 is 23.1 Å². The lowest BCUT2D eigenvalue weighted by molar-refractivity contribution is -0.122. The molecule has 0 aliphatic carbocycles. The molecule has 1 N–H and O–H groups in total. The highest BCUT2D eigenvalue weighted by molar-refractivity contribution is 6.04. The predicted octanol–water partition coefficient (Wildman–Crippen LogP) is 4.75. The molecule has 0 saturated carbocycles. The number of benzene rings is 3. The minimum Gasteiger partial charge on any atom is -0.455 e. The van der Waals surface area contributed by atoms with Crippen LogP contribution in [0.15, 0.2) is 72.8 Å². The number of ether oxygens (including phenoxy) is 1. The molecule has 1 aliphatic rings. The monoisotopic (exact) mass is 408 g/mol. The molecule has 1 atom stereocenters. The third-order valence-corrected chi connectivity index (χ3v) is 4.81. The number of para-hydroxylation sites is 3. The summed E-state index contributed by atoms with van der Waals surface area (Å²) < 4.78 is 33.0. The van der Waals surface area contributed by atoms with Crippen molar-refractivity contribution in [3.05, 3.63) is 84.4 Å². The molecule has 0 radical (unpaired) electrons. The Bertz CT molecular complexity index is 1090. The van der Waals surface area contributed by atoms with E-state index in [9.17, 15) is 18.4 Å². The number of anilines is 2. The van der Waals surface area contributed by atoms with Gasteiger partial charge < -0.3 is 15.0 Å². The summed E-state index contributed by atoms with van der Waals surface area (Å²) in [7, 11) is 0. The Balaban J connectivity index is 1.48. The maximum atomic E-state index is 14.1. The van der Waals surface area contributed by atoms with Crippen molar-refractivity contribution in [2.24, 2.45) is 5.92 Å². The fraction of sp³-hybridized carbons (Fsp3) is 0.130. The van der Waals surface area contributed by atoms with Gasteiger partial charge in [0.05, 0.1) is 17.3 Å². The van der Waals surface area contributed by atoms with Gasteiger partial charge in [-0.25, -0.2) is 8.78 Å². The van der Waals surface area contributed by atoms with Gasteiger partial charge in [0.2, 0.25) is 11.8 Å². The molecule has 5 nitrogen and oxygen atoms in total. The fourth-order valence-corrected chi connectivity index (χ4v) is 3.33. The smallest absolute Gasteiger partial charge is 0.229 e. The van der Waals surface area contributed by atoms with E-state index in [0.717, 1.165) is 6.07 Å². The molecule has 7 heteroatoms. The van der Waals surface area contributed by atoms with Crippen molar-refractivity contribution in [3.8, 4) is 11.5 Å². The third-order valence-electron chi connectivity index (χ3n) is 4.81. The Morgan fingerprint density at radius 2 is 1.73 bits per heavy atom. The first-order chi connectivity index (χ1) is 14.5. The van der Waals surface area contributed by atoms with Crippen molar-refractivity contribution >= 4 is 23.2 Å². The lowest BCUT2D eigenvalue weighted by Gasteiger charge is -2.18. The number of carbonyl (C=O) groups is 2. The van der Waals surface area contributed by atoms with E-state index in [1.54, 1.807) is 36.4 Å². The third kappa shape index (κ3) is 4.15. The number of amides is 2. The molecule has 3 aromatic carbocycles. The van der Waals surface area contributed by atoms with Crippen LogP contribution in [0.1, 0.15) is 6.42 Å². The first-order valence-electron chi connectivity index (χ1n) is 9.39. The number of nitrogens with one attached hydrogen (secondary N) is 1. The summed E-state index contributed by atoms with van der Waals surface area (Å²) in [5, 5.41) is 2.79. The number of rotatable bonds is 5. The van der Waals surface area contributed by atoms with Crippen LogP contribution in [-0.4, -0.2) is 18.4 Å². The van der Waals surface area contributed by atoms with Gasteiger partial charge in [0.15, 0.2) is 5.75 Å². The van der Waals surface area contributed by atoms with Gasteiger partial charge in [0.1, 0.15) is 17.4 Å². The molecule has 1 fully saturated rings. The average Bonchev–Trinajstić information content (AvgIpc) is 3.12. The van der Waals surface area contributed by atoms with E-state index >= 15 is 0 Å². The normalized spacial score (nSPS) is 15.9. The van der Waals surface area contributed by atoms with Gasteiger partial charge in [-0.2, -0.15) is 0 Å². The minimum atomic E-state index is -0.842. The maximum absolute atomic E-state index is 14.1. The number of hydrogen-bond donors (Lipinski definition) is 1. The molecule has 1 heterocycles. The second-order valence-electron chi connectivity index (χ2n) is 6.90. The minimum absolute atomic E-state index is 0.00886. The zero-order valence-electron chi connectivity index (χ0n) is 15.8. The lowest BCUT2D eigenvalue weighted by Crippen LogP contribution is -2.28. The van der Waals surface area contributed by atoms with Crippen LogP contribution in [0.5, 0.6) is 11.5 Å². The van der Waals surface area contributed by atoms with Crippen LogP contribution in [0.4, 0.5) is 20.2 Å². The molecule has 1 saturated heterocycles. The summed E-state index contributed by atoms with van der Waals surface area (Å²) in [4.78, 5) is 26.3. The van der Waals surface area contributed by atoms with Gasteiger partial charge >= 0.3 is 0 Å². The van der Waals surface area contributed by atoms with Crippen molar-refractivity contribution in [1.82, 2.24) is 0 Å². The quantitative estimate of drug-likeness (QED) is 0.663. The van der Waals surface area contributed by atoms with Crippen molar-refractivity contribution in [2.45, 2.75) is 6.42 Å². The molecule has 3 aromatic rings. The molecule has 30 heavy (non-hydrogen) atoms. The van der Waals surface area contributed by atoms with E-state index in [2.05, 4.69) is 5.32 Å². The van der Waals surface area contributed by atoms with Crippen LogP contribution in [0.25, 0.3) is 0 Å². The first-order valence-corrected chi connectivity index (χ1v) is 9.39. The molecule has 1 aliphatic heterocycles. The Kier molecular flexibility index (Phi) is 5.43. The summed E-state index contributed by atoms with van der Waals surface area (Å²) in [6, 6.07) is 19.1. The van der Waals surface area contributed by atoms with Crippen LogP contribution in [-0.2, 0) is 9.59 Å². The van der Waals surface area contributed by atoms with Gasteiger partial charge in [0, 0.05) is 19.0 Å². The van der Waals surface area contributed by atoms with Crippen molar-refractivity contribution in [1.29, 1.82) is 0 Å². The summed E-state index contributed by atoms with van der Waals surface area (Å²) >= 11 is 0. The number of halogens is 2. The Morgan fingerprint density at radius 1 is 1.00 bits per heavy atom. The average molecular weight is 408 g/mol. The largest absolute Gasteiger partial charge is 0.455 e. The molecule has 2 amide bonds. The molecule has 0 bridgehead atoms. The fourth-order valence-electron chi connectivity index (χ4n) is 3.33. The SMILES string of the molecule is O=C(Nc1ccccc1Oc1ccccc1)C1CC(=O)N(c2ccc(F)cc2F)C1. The second kappa shape index (κ2) is 8.32. The van der Waals surface area contributed by atoms with Gasteiger partial charge in [-0.15, -0.1) is 0 Å². The van der Waals surface area contributed by atoms with Gasteiger partial charge in [-0.3, -0.25) is 9.59 Å². The van der Waals surface area contributed by atoms with Gasteiger partial charge in [-0.1, -0.05) is 30.3 Å². The highest BCUT2D eigenvalue weighted by atomic mass is 19.1. The topological polar surface area (TPSA) is 58.6 Å². The number of nitrogens with zero attached hydrogens (tertiary/aromatic N) is 1. The van der Waals surface area contributed by atoms with E-state index in [1.807, 2.05) is 18.2 Å². The predicted molar refractivity (Wildman–Crippen MR) is 108 cm³/mol. The van der Waals surface area contributed by atoms with Crippen LogP contribution in [0.3, 0.4) is 0 Å². The molecular formula is C23H18F2N2O3. The van der Waals surface area contributed by atoms with Crippen LogP contribution >= 0.6 is 0 Å². The van der Waals surface area contributed by atoms with Crippen LogP contribution in [0, 0.1) is 17.6 Å². The molecule has 152 valence electrons. The van der Waals surface area contributed by atoms with Gasteiger partial charge in [0.25, 0.3) is 0 Å². The van der Waals surface area contributed by atoms with E-state index in [1.165, 1.54) is 11.0 Å². The molecular weight excluding hydrogens is 390 g/mol.